The molecule has 6 nitrogen and oxygen atoms in total. The Balaban J connectivity index is 1.66. The summed E-state index contributed by atoms with van der Waals surface area (Å²) in [7, 11) is 1.82. The van der Waals surface area contributed by atoms with Gasteiger partial charge in [-0.1, -0.05) is 23.2 Å². The van der Waals surface area contributed by atoms with Gasteiger partial charge in [0.1, 0.15) is 13.2 Å². The number of halogens is 2. The van der Waals surface area contributed by atoms with Crippen molar-refractivity contribution in [2.24, 2.45) is 7.05 Å². The summed E-state index contributed by atoms with van der Waals surface area (Å²) in [6.07, 6.45) is 0. The standard InChI is InChI=1S/C17H13Cl2N3O3/c1-22-13-3-2-10(18)8-12(13)20-17(22)21-16(23)9-6-11(19)15-14(7-9)24-4-5-25-15/h2-3,6-8H,4-5H2,1H3,(H,20,21,23). The maximum atomic E-state index is 12.6. The first kappa shape index (κ1) is 16.1. The third kappa shape index (κ3) is 2.88. The Bertz CT molecular complexity index is 1000. The Kier molecular flexibility index (Phi) is 3.94. The third-order valence-corrected chi connectivity index (χ3v) is 4.44. The second-order valence-corrected chi connectivity index (χ2v) is 6.41. The van der Waals surface area contributed by atoms with Crippen molar-refractivity contribution < 1.29 is 14.3 Å². The van der Waals surface area contributed by atoms with Crippen molar-refractivity contribution in [3.63, 3.8) is 0 Å². The Labute approximate surface area is 153 Å². The van der Waals surface area contributed by atoms with Crippen molar-refractivity contribution in [1.82, 2.24) is 9.55 Å². The van der Waals surface area contributed by atoms with Gasteiger partial charge >= 0.3 is 0 Å². The van der Waals surface area contributed by atoms with Crippen LogP contribution in [0.25, 0.3) is 11.0 Å². The number of carbonyl (C=O) groups excluding carboxylic acids is 1. The molecule has 2 aromatic carbocycles. The summed E-state index contributed by atoms with van der Waals surface area (Å²) in [5.41, 5.74) is 1.92. The molecule has 25 heavy (non-hydrogen) atoms. The van der Waals surface area contributed by atoms with Gasteiger partial charge in [0.15, 0.2) is 11.5 Å². The zero-order valence-corrected chi connectivity index (χ0v) is 14.7. The Morgan fingerprint density at radius 2 is 2.00 bits per heavy atom. The molecule has 0 saturated carbocycles. The number of ether oxygens (including phenoxy) is 2. The Morgan fingerprint density at radius 3 is 2.84 bits per heavy atom. The van der Waals surface area contributed by atoms with Crippen LogP contribution in [0.15, 0.2) is 30.3 Å². The molecule has 0 radical (unpaired) electrons. The average Bonchev–Trinajstić information content (AvgIpc) is 2.90. The van der Waals surface area contributed by atoms with Gasteiger partial charge in [-0.05, 0) is 30.3 Å². The Hall–Kier alpha value is -2.44. The van der Waals surface area contributed by atoms with E-state index in [1.807, 2.05) is 13.1 Å². The van der Waals surface area contributed by atoms with Crippen molar-refractivity contribution in [2.75, 3.05) is 18.5 Å². The fraction of sp³-hybridized carbons (Fsp3) is 0.176. The minimum absolute atomic E-state index is 0.333. The van der Waals surface area contributed by atoms with Gasteiger partial charge in [0, 0.05) is 17.6 Å². The molecule has 0 saturated heterocycles. The summed E-state index contributed by atoms with van der Waals surface area (Å²) in [5, 5.41) is 3.70. The van der Waals surface area contributed by atoms with Gasteiger partial charge in [0.05, 0.1) is 16.1 Å². The van der Waals surface area contributed by atoms with Gasteiger partial charge in [-0.15, -0.1) is 0 Å². The van der Waals surface area contributed by atoms with Gasteiger partial charge in [0.25, 0.3) is 5.91 Å². The number of nitrogens with zero attached hydrogens (tertiary/aromatic N) is 2. The van der Waals surface area contributed by atoms with Crippen molar-refractivity contribution >= 4 is 46.1 Å². The van der Waals surface area contributed by atoms with E-state index in [4.69, 9.17) is 32.7 Å². The van der Waals surface area contributed by atoms with E-state index in [0.717, 1.165) is 5.52 Å². The smallest absolute Gasteiger partial charge is 0.258 e. The maximum absolute atomic E-state index is 12.6. The van der Waals surface area contributed by atoms with Gasteiger partial charge in [-0.2, -0.15) is 0 Å². The van der Waals surface area contributed by atoms with Crippen LogP contribution in [-0.2, 0) is 7.05 Å². The highest BCUT2D eigenvalue weighted by Gasteiger charge is 2.20. The molecule has 0 fully saturated rings. The number of benzene rings is 2. The van der Waals surface area contributed by atoms with Crippen molar-refractivity contribution in [1.29, 1.82) is 0 Å². The SMILES string of the molecule is Cn1c(NC(=O)c2cc(Cl)c3c(c2)OCCO3)nc2cc(Cl)ccc21. The number of aromatic nitrogens is 2. The lowest BCUT2D eigenvalue weighted by Gasteiger charge is -2.20. The van der Waals surface area contributed by atoms with Crippen LogP contribution >= 0.6 is 23.2 Å². The molecule has 0 aliphatic carbocycles. The highest BCUT2D eigenvalue weighted by molar-refractivity contribution is 6.33. The van der Waals surface area contributed by atoms with Gasteiger partial charge in [-0.3, -0.25) is 10.1 Å². The minimum atomic E-state index is -0.344. The van der Waals surface area contributed by atoms with E-state index in [1.165, 1.54) is 0 Å². The molecule has 128 valence electrons. The molecule has 0 bridgehead atoms. The molecule has 2 heterocycles. The molecule has 1 aromatic heterocycles. The fourth-order valence-electron chi connectivity index (χ4n) is 2.70. The van der Waals surface area contributed by atoms with Crippen LogP contribution in [0, 0.1) is 0 Å². The monoisotopic (exact) mass is 377 g/mol. The number of hydrogen-bond acceptors (Lipinski definition) is 4. The first-order chi connectivity index (χ1) is 12.0. The lowest BCUT2D eigenvalue weighted by molar-refractivity contribution is 0.102. The molecule has 0 spiro atoms. The summed E-state index contributed by atoms with van der Waals surface area (Å²) >= 11 is 12.2. The van der Waals surface area contributed by atoms with E-state index in [-0.39, 0.29) is 5.91 Å². The first-order valence-corrected chi connectivity index (χ1v) is 8.31. The third-order valence-electron chi connectivity index (χ3n) is 3.93. The van der Waals surface area contributed by atoms with Crippen LogP contribution in [0.4, 0.5) is 5.95 Å². The number of rotatable bonds is 2. The predicted molar refractivity (Wildman–Crippen MR) is 96.1 cm³/mol. The summed E-state index contributed by atoms with van der Waals surface area (Å²) in [6, 6.07) is 8.52. The van der Waals surface area contributed by atoms with E-state index < -0.39 is 0 Å². The van der Waals surface area contributed by atoms with Crippen LogP contribution in [0.3, 0.4) is 0 Å². The molecule has 0 atom stereocenters. The van der Waals surface area contributed by atoms with Gasteiger partial charge in [0.2, 0.25) is 5.95 Å². The van der Waals surface area contributed by atoms with Crippen LogP contribution in [0.2, 0.25) is 10.0 Å². The van der Waals surface area contributed by atoms with Crippen LogP contribution in [0.1, 0.15) is 10.4 Å². The predicted octanol–water partition coefficient (Wildman–Crippen LogP) is 3.90. The molecule has 8 heteroatoms. The summed E-state index contributed by atoms with van der Waals surface area (Å²) in [4.78, 5) is 17.0. The molecule has 1 aliphatic heterocycles. The largest absolute Gasteiger partial charge is 0.486 e. The number of hydrogen-bond donors (Lipinski definition) is 1. The van der Waals surface area contributed by atoms with Crippen molar-refractivity contribution in [3.05, 3.63) is 45.9 Å². The number of amides is 1. The number of carbonyl (C=O) groups is 1. The second-order valence-electron chi connectivity index (χ2n) is 5.56. The summed E-state index contributed by atoms with van der Waals surface area (Å²) in [5.74, 6) is 0.985. The van der Waals surface area contributed by atoms with Crippen LogP contribution in [0.5, 0.6) is 11.5 Å². The number of fused-ring (bicyclic) bond motifs is 2. The molecule has 4 rings (SSSR count). The summed E-state index contributed by atoms with van der Waals surface area (Å²) < 4.78 is 12.7. The highest BCUT2D eigenvalue weighted by Crippen LogP contribution is 2.38. The van der Waals surface area contributed by atoms with E-state index in [1.54, 1.807) is 28.8 Å². The highest BCUT2D eigenvalue weighted by atomic mass is 35.5. The summed E-state index contributed by atoms with van der Waals surface area (Å²) in [6.45, 7) is 0.848. The quantitative estimate of drug-likeness (QED) is 0.735. The van der Waals surface area contributed by atoms with E-state index >= 15 is 0 Å². The maximum Gasteiger partial charge on any atom is 0.258 e. The normalized spacial score (nSPS) is 13.1. The fourth-order valence-corrected chi connectivity index (χ4v) is 3.13. The van der Waals surface area contributed by atoms with Gasteiger partial charge in [-0.25, -0.2) is 4.98 Å². The Morgan fingerprint density at radius 1 is 1.20 bits per heavy atom. The second kappa shape index (κ2) is 6.13. The molecule has 0 unspecified atom stereocenters. The molecule has 1 N–H and O–H groups in total. The molecular formula is C17H13Cl2N3O3. The number of anilines is 1. The van der Waals surface area contributed by atoms with E-state index in [2.05, 4.69) is 10.3 Å². The molecular weight excluding hydrogens is 365 g/mol. The number of nitrogens with one attached hydrogen (secondary N) is 1. The van der Waals surface area contributed by atoms with Crippen LogP contribution < -0.4 is 14.8 Å². The number of imidazole rings is 1. The first-order valence-electron chi connectivity index (χ1n) is 7.55. The number of aryl methyl sites for hydroxylation is 1. The van der Waals surface area contributed by atoms with E-state index in [9.17, 15) is 4.79 Å². The lowest BCUT2D eigenvalue weighted by Crippen LogP contribution is -2.18. The minimum Gasteiger partial charge on any atom is -0.486 e. The topological polar surface area (TPSA) is 65.4 Å². The molecule has 1 amide bonds. The average molecular weight is 378 g/mol. The zero-order chi connectivity index (χ0) is 17.6. The zero-order valence-electron chi connectivity index (χ0n) is 13.2. The van der Waals surface area contributed by atoms with Crippen molar-refractivity contribution in [3.8, 4) is 11.5 Å². The van der Waals surface area contributed by atoms with Crippen molar-refractivity contribution in [2.45, 2.75) is 0 Å². The molecule has 3 aromatic rings. The lowest BCUT2D eigenvalue weighted by atomic mass is 10.2. The van der Waals surface area contributed by atoms with Gasteiger partial charge < -0.3 is 14.0 Å². The van der Waals surface area contributed by atoms with Crippen LogP contribution in [-0.4, -0.2) is 28.7 Å². The molecule has 1 aliphatic rings. The van der Waals surface area contributed by atoms with E-state index in [0.29, 0.717) is 51.8 Å².